The zero-order chi connectivity index (χ0) is 19.8. The van der Waals surface area contributed by atoms with E-state index in [0.717, 1.165) is 44.0 Å². The highest BCUT2D eigenvalue weighted by molar-refractivity contribution is 5.93. The van der Waals surface area contributed by atoms with Crippen LogP contribution in [0.5, 0.6) is 5.75 Å². The van der Waals surface area contributed by atoms with Crippen molar-refractivity contribution in [2.75, 3.05) is 51.7 Å². The SMILES string of the molecule is COc1ccc(C)cc1NC(=O)C[NH+]1CC[NH+](C/C=C/c2ccccc2)CC1. The van der Waals surface area contributed by atoms with Gasteiger partial charge in [-0.15, -0.1) is 0 Å². The van der Waals surface area contributed by atoms with E-state index in [-0.39, 0.29) is 5.91 Å². The fraction of sp³-hybridized carbons (Fsp3) is 0.348. The Hall–Kier alpha value is -2.63. The summed E-state index contributed by atoms with van der Waals surface area (Å²) >= 11 is 0. The van der Waals surface area contributed by atoms with Crippen molar-refractivity contribution in [1.82, 2.24) is 0 Å². The highest BCUT2D eigenvalue weighted by Gasteiger charge is 2.24. The Labute approximate surface area is 167 Å². The van der Waals surface area contributed by atoms with Gasteiger partial charge in [-0.25, -0.2) is 0 Å². The number of benzene rings is 2. The first kappa shape index (κ1) is 20.1. The zero-order valence-electron chi connectivity index (χ0n) is 16.8. The number of methoxy groups -OCH3 is 1. The number of hydrogen-bond acceptors (Lipinski definition) is 2. The largest absolute Gasteiger partial charge is 0.495 e. The van der Waals surface area contributed by atoms with Crippen molar-refractivity contribution in [2.45, 2.75) is 6.92 Å². The smallest absolute Gasteiger partial charge is 0.279 e. The molecule has 2 aromatic rings. The summed E-state index contributed by atoms with van der Waals surface area (Å²) in [4.78, 5) is 15.4. The van der Waals surface area contributed by atoms with Gasteiger partial charge >= 0.3 is 0 Å². The molecule has 1 amide bonds. The van der Waals surface area contributed by atoms with Gasteiger partial charge in [0.2, 0.25) is 0 Å². The van der Waals surface area contributed by atoms with Crippen LogP contribution in [0, 0.1) is 6.92 Å². The van der Waals surface area contributed by atoms with E-state index in [1.54, 1.807) is 12.0 Å². The molecule has 0 aromatic heterocycles. The number of ether oxygens (including phenoxy) is 1. The maximum absolute atomic E-state index is 12.5. The summed E-state index contributed by atoms with van der Waals surface area (Å²) in [5, 5.41) is 3.01. The Morgan fingerprint density at radius 2 is 1.79 bits per heavy atom. The van der Waals surface area contributed by atoms with E-state index in [2.05, 4.69) is 41.7 Å². The number of anilines is 1. The molecule has 0 spiro atoms. The standard InChI is InChI=1S/C23H29N3O2/c1-19-10-11-22(28-2)21(17-19)24-23(27)18-26-15-13-25(14-16-26)12-6-9-20-7-4-3-5-8-20/h3-11,17H,12-16,18H2,1-2H3,(H,24,27)/p+2/b9-6+. The normalized spacial score (nSPS) is 19.5. The van der Waals surface area contributed by atoms with Crippen LogP contribution in [0.25, 0.3) is 6.08 Å². The maximum Gasteiger partial charge on any atom is 0.279 e. The number of aryl methyl sites for hydroxylation is 1. The van der Waals surface area contributed by atoms with E-state index < -0.39 is 0 Å². The van der Waals surface area contributed by atoms with Crippen LogP contribution in [0.15, 0.2) is 54.6 Å². The molecule has 3 N–H and O–H groups in total. The lowest BCUT2D eigenvalue weighted by Gasteiger charge is -2.28. The molecule has 0 radical (unpaired) electrons. The van der Waals surface area contributed by atoms with E-state index in [4.69, 9.17) is 4.74 Å². The Morgan fingerprint density at radius 3 is 2.50 bits per heavy atom. The van der Waals surface area contributed by atoms with Gasteiger partial charge in [0.25, 0.3) is 5.91 Å². The lowest BCUT2D eigenvalue weighted by atomic mass is 10.2. The molecule has 28 heavy (non-hydrogen) atoms. The summed E-state index contributed by atoms with van der Waals surface area (Å²) in [6, 6.07) is 16.2. The number of hydrogen-bond donors (Lipinski definition) is 3. The first-order chi connectivity index (χ1) is 13.6. The zero-order valence-corrected chi connectivity index (χ0v) is 16.8. The van der Waals surface area contributed by atoms with Crippen molar-refractivity contribution in [1.29, 1.82) is 0 Å². The molecule has 3 rings (SSSR count). The van der Waals surface area contributed by atoms with Gasteiger partial charge in [0.15, 0.2) is 6.54 Å². The molecule has 148 valence electrons. The second-order valence-corrected chi connectivity index (χ2v) is 7.45. The van der Waals surface area contributed by atoms with E-state index in [0.29, 0.717) is 12.3 Å². The number of piperazine rings is 1. The highest BCUT2D eigenvalue weighted by atomic mass is 16.5. The van der Waals surface area contributed by atoms with Gasteiger partial charge in [0.1, 0.15) is 31.9 Å². The minimum absolute atomic E-state index is 0.0475. The minimum Gasteiger partial charge on any atom is -0.495 e. The van der Waals surface area contributed by atoms with Gasteiger partial charge in [0, 0.05) is 0 Å². The molecule has 0 unspecified atom stereocenters. The first-order valence-corrected chi connectivity index (χ1v) is 9.97. The van der Waals surface area contributed by atoms with Gasteiger partial charge in [-0.2, -0.15) is 0 Å². The quantitative estimate of drug-likeness (QED) is 0.652. The lowest BCUT2D eigenvalue weighted by molar-refractivity contribution is -1.01. The molecule has 1 saturated heterocycles. The number of carbonyl (C=O) groups excluding carboxylic acids is 1. The third-order valence-electron chi connectivity index (χ3n) is 5.22. The highest BCUT2D eigenvalue weighted by Crippen LogP contribution is 2.24. The van der Waals surface area contributed by atoms with E-state index >= 15 is 0 Å². The second kappa shape index (κ2) is 10.1. The molecular formula is C23H31N3O2+2. The van der Waals surface area contributed by atoms with Crippen molar-refractivity contribution in [3.05, 3.63) is 65.7 Å². The molecule has 5 nitrogen and oxygen atoms in total. The van der Waals surface area contributed by atoms with Gasteiger partial charge in [-0.05, 0) is 36.3 Å². The van der Waals surface area contributed by atoms with Crippen LogP contribution in [-0.2, 0) is 4.79 Å². The summed E-state index contributed by atoms with van der Waals surface area (Å²) in [5.74, 6) is 0.750. The monoisotopic (exact) mass is 381 g/mol. The number of amides is 1. The van der Waals surface area contributed by atoms with Gasteiger partial charge in [0.05, 0.1) is 19.3 Å². The molecule has 2 aromatic carbocycles. The summed E-state index contributed by atoms with van der Waals surface area (Å²) < 4.78 is 5.34. The van der Waals surface area contributed by atoms with Crippen LogP contribution in [0.4, 0.5) is 5.69 Å². The third-order valence-corrected chi connectivity index (χ3v) is 5.22. The first-order valence-electron chi connectivity index (χ1n) is 9.97. The van der Waals surface area contributed by atoms with Crippen molar-refractivity contribution < 1.29 is 19.3 Å². The molecule has 5 heteroatoms. The van der Waals surface area contributed by atoms with E-state index in [1.165, 1.54) is 10.5 Å². The predicted octanol–water partition coefficient (Wildman–Crippen LogP) is 0.439. The van der Waals surface area contributed by atoms with Crippen molar-refractivity contribution in [3.63, 3.8) is 0 Å². The molecule has 1 fully saturated rings. The summed E-state index contributed by atoms with van der Waals surface area (Å²) in [7, 11) is 1.62. The van der Waals surface area contributed by atoms with Crippen LogP contribution in [0.2, 0.25) is 0 Å². The van der Waals surface area contributed by atoms with Crippen molar-refractivity contribution in [3.8, 4) is 5.75 Å². The number of carbonyl (C=O) groups is 1. The maximum atomic E-state index is 12.5. The fourth-order valence-corrected chi connectivity index (χ4v) is 3.60. The molecule has 0 saturated carbocycles. The molecular weight excluding hydrogens is 350 g/mol. The van der Waals surface area contributed by atoms with E-state index in [9.17, 15) is 4.79 Å². The predicted molar refractivity (Wildman–Crippen MR) is 113 cm³/mol. The minimum atomic E-state index is 0.0475. The Bertz CT molecular complexity index is 797. The van der Waals surface area contributed by atoms with Crippen molar-refractivity contribution >= 4 is 17.7 Å². The average Bonchev–Trinajstić information content (AvgIpc) is 2.70. The molecule has 1 heterocycles. The third kappa shape index (κ3) is 5.94. The van der Waals surface area contributed by atoms with Gasteiger partial charge < -0.3 is 19.9 Å². The van der Waals surface area contributed by atoms with Crippen molar-refractivity contribution in [2.24, 2.45) is 0 Å². The Kier molecular flexibility index (Phi) is 7.23. The van der Waals surface area contributed by atoms with E-state index in [1.807, 2.05) is 31.2 Å². The number of rotatable bonds is 7. The fourth-order valence-electron chi connectivity index (χ4n) is 3.60. The summed E-state index contributed by atoms with van der Waals surface area (Å²) in [6.45, 7) is 7.78. The molecule has 1 aliphatic heterocycles. The van der Waals surface area contributed by atoms with Crippen LogP contribution >= 0.6 is 0 Å². The molecule has 0 atom stereocenters. The molecule has 0 bridgehead atoms. The van der Waals surface area contributed by atoms with Crippen LogP contribution in [0.1, 0.15) is 11.1 Å². The van der Waals surface area contributed by atoms with Gasteiger partial charge in [-0.1, -0.05) is 42.5 Å². The molecule has 1 aliphatic rings. The summed E-state index contributed by atoms with van der Waals surface area (Å²) in [5.41, 5.74) is 3.10. The second-order valence-electron chi connectivity index (χ2n) is 7.45. The van der Waals surface area contributed by atoms with Crippen LogP contribution < -0.4 is 19.9 Å². The number of quaternary nitrogens is 2. The Morgan fingerprint density at radius 1 is 1.07 bits per heavy atom. The molecule has 0 aliphatic carbocycles. The Balaban J connectivity index is 1.42. The van der Waals surface area contributed by atoms with Crippen LogP contribution in [-0.4, -0.2) is 52.3 Å². The van der Waals surface area contributed by atoms with Gasteiger partial charge in [-0.3, -0.25) is 4.79 Å². The van der Waals surface area contributed by atoms with Crippen LogP contribution in [0.3, 0.4) is 0 Å². The average molecular weight is 382 g/mol. The summed E-state index contributed by atoms with van der Waals surface area (Å²) in [6.07, 6.45) is 4.45. The lowest BCUT2D eigenvalue weighted by Crippen LogP contribution is -3.28. The number of nitrogens with one attached hydrogen (secondary N) is 3. The topological polar surface area (TPSA) is 47.2 Å².